The minimum Gasteiger partial charge on any atom is -0.480 e. The number of amides is 1. The summed E-state index contributed by atoms with van der Waals surface area (Å²) >= 11 is 11.8. The van der Waals surface area contributed by atoms with Gasteiger partial charge in [0.2, 0.25) is 5.91 Å². The van der Waals surface area contributed by atoms with Gasteiger partial charge in [-0.05, 0) is 18.9 Å². The molecule has 1 aromatic carbocycles. The van der Waals surface area contributed by atoms with E-state index in [0.717, 1.165) is 5.56 Å². The number of halogens is 2. The van der Waals surface area contributed by atoms with Crippen molar-refractivity contribution in [3.05, 3.63) is 35.9 Å². The van der Waals surface area contributed by atoms with E-state index in [1.807, 2.05) is 30.3 Å². The first-order chi connectivity index (χ1) is 9.26. The molecular formula is C14H15Cl2NO3. The summed E-state index contributed by atoms with van der Waals surface area (Å²) in [5.74, 6) is -1.51. The van der Waals surface area contributed by atoms with Crippen molar-refractivity contribution in [2.75, 3.05) is 0 Å². The van der Waals surface area contributed by atoms with Crippen LogP contribution in [0.4, 0.5) is 0 Å². The molecule has 0 saturated heterocycles. The van der Waals surface area contributed by atoms with Gasteiger partial charge in [-0.1, -0.05) is 30.3 Å². The molecule has 0 spiro atoms. The number of carbonyl (C=O) groups is 2. The molecule has 0 aliphatic heterocycles. The Morgan fingerprint density at radius 2 is 1.90 bits per heavy atom. The fourth-order valence-electron chi connectivity index (χ4n) is 2.01. The minimum atomic E-state index is -1.10. The quantitative estimate of drug-likeness (QED) is 0.820. The number of nitrogens with one attached hydrogen (secondary N) is 1. The highest BCUT2D eigenvalue weighted by Crippen LogP contribution is 2.63. The molecule has 0 aromatic heterocycles. The average molecular weight is 316 g/mol. The predicted molar refractivity (Wildman–Crippen MR) is 76.9 cm³/mol. The molecule has 1 aliphatic carbocycles. The number of rotatable bonds is 5. The van der Waals surface area contributed by atoms with Crippen molar-refractivity contribution >= 4 is 35.1 Å². The maximum Gasteiger partial charge on any atom is 0.326 e. The predicted octanol–water partition coefficient (Wildman–Crippen LogP) is 2.38. The molecule has 20 heavy (non-hydrogen) atoms. The van der Waals surface area contributed by atoms with Crippen molar-refractivity contribution in [3.8, 4) is 0 Å². The van der Waals surface area contributed by atoms with Crippen LogP contribution in [-0.4, -0.2) is 27.4 Å². The normalized spacial score (nSPS) is 24.8. The van der Waals surface area contributed by atoms with Crippen LogP contribution in [0, 0.1) is 5.41 Å². The monoisotopic (exact) mass is 315 g/mol. The molecular weight excluding hydrogens is 301 g/mol. The molecule has 0 heterocycles. The van der Waals surface area contributed by atoms with Crippen molar-refractivity contribution in [1.82, 2.24) is 5.32 Å². The van der Waals surface area contributed by atoms with E-state index in [0.29, 0.717) is 6.42 Å². The Labute approximate surface area is 127 Å². The topological polar surface area (TPSA) is 66.4 Å². The van der Waals surface area contributed by atoms with E-state index < -0.39 is 27.7 Å². The molecule has 0 radical (unpaired) electrons. The van der Waals surface area contributed by atoms with E-state index in [1.165, 1.54) is 0 Å². The van der Waals surface area contributed by atoms with Gasteiger partial charge in [-0.2, -0.15) is 0 Å². The van der Waals surface area contributed by atoms with E-state index in [2.05, 4.69) is 5.32 Å². The Bertz CT molecular complexity index is 532. The highest BCUT2D eigenvalue weighted by Gasteiger charge is 2.68. The Morgan fingerprint density at radius 3 is 2.35 bits per heavy atom. The smallest absolute Gasteiger partial charge is 0.326 e. The summed E-state index contributed by atoms with van der Waals surface area (Å²) in [6, 6.07) is 8.12. The third-order valence-electron chi connectivity index (χ3n) is 3.65. The number of carboxylic acid groups (broad SMARTS) is 1. The lowest BCUT2D eigenvalue weighted by Crippen LogP contribution is -2.46. The van der Waals surface area contributed by atoms with E-state index in [4.69, 9.17) is 23.2 Å². The van der Waals surface area contributed by atoms with Gasteiger partial charge in [-0.25, -0.2) is 4.79 Å². The summed E-state index contributed by atoms with van der Waals surface area (Å²) in [5, 5.41) is 11.7. The van der Waals surface area contributed by atoms with Gasteiger partial charge in [0, 0.05) is 6.42 Å². The minimum absolute atomic E-state index is 0.218. The number of alkyl halides is 2. The third kappa shape index (κ3) is 2.91. The molecule has 2 unspecified atom stereocenters. The van der Waals surface area contributed by atoms with Gasteiger partial charge in [0.15, 0.2) is 0 Å². The van der Waals surface area contributed by atoms with Gasteiger partial charge in [-0.15, -0.1) is 23.2 Å². The first kappa shape index (κ1) is 15.1. The molecule has 6 heteroatoms. The maximum atomic E-state index is 12.1. The van der Waals surface area contributed by atoms with Crippen molar-refractivity contribution < 1.29 is 14.7 Å². The van der Waals surface area contributed by atoms with Gasteiger partial charge < -0.3 is 10.4 Å². The average Bonchev–Trinajstić information content (AvgIpc) is 2.90. The molecule has 1 aliphatic rings. The summed E-state index contributed by atoms with van der Waals surface area (Å²) in [6.07, 6.45) is 0.544. The Hall–Kier alpha value is -1.26. The third-order valence-corrected chi connectivity index (χ3v) is 4.75. The van der Waals surface area contributed by atoms with E-state index in [-0.39, 0.29) is 6.42 Å². The first-order valence-electron chi connectivity index (χ1n) is 6.22. The summed E-state index contributed by atoms with van der Waals surface area (Å²) in [5.41, 5.74) is -0.0790. The van der Waals surface area contributed by atoms with Crippen LogP contribution in [0.15, 0.2) is 30.3 Å². The summed E-state index contributed by atoms with van der Waals surface area (Å²) in [6.45, 7) is 1.63. The molecule has 1 aromatic rings. The van der Waals surface area contributed by atoms with Crippen LogP contribution in [0.3, 0.4) is 0 Å². The second-order valence-electron chi connectivity index (χ2n) is 5.27. The number of benzene rings is 1. The van der Waals surface area contributed by atoms with E-state index in [9.17, 15) is 14.7 Å². The van der Waals surface area contributed by atoms with Crippen LogP contribution in [0.5, 0.6) is 0 Å². The zero-order valence-corrected chi connectivity index (χ0v) is 12.4. The second-order valence-corrected chi connectivity index (χ2v) is 6.75. The number of hydrogen-bond donors (Lipinski definition) is 2. The zero-order chi connectivity index (χ0) is 15.0. The molecule has 1 fully saturated rings. The van der Waals surface area contributed by atoms with Crippen molar-refractivity contribution in [2.45, 2.75) is 30.1 Å². The largest absolute Gasteiger partial charge is 0.480 e. The zero-order valence-electron chi connectivity index (χ0n) is 10.9. The van der Waals surface area contributed by atoms with Crippen LogP contribution >= 0.6 is 23.2 Å². The molecule has 2 rings (SSSR count). The summed E-state index contributed by atoms with van der Waals surface area (Å²) in [7, 11) is 0. The molecule has 0 bridgehead atoms. The van der Waals surface area contributed by atoms with E-state index >= 15 is 0 Å². The van der Waals surface area contributed by atoms with Gasteiger partial charge in [-0.3, -0.25) is 4.79 Å². The highest BCUT2D eigenvalue weighted by atomic mass is 35.5. The fraction of sp³-hybridized carbons (Fsp3) is 0.429. The SMILES string of the molecule is CC1(C(=O)NC(Cc2ccccc2)C(=O)O)CC1(Cl)Cl. The van der Waals surface area contributed by atoms with Crippen LogP contribution in [-0.2, 0) is 16.0 Å². The highest BCUT2D eigenvalue weighted by molar-refractivity contribution is 6.53. The van der Waals surface area contributed by atoms with Crippen molar-refractivity contribution in [2.24, 2.45) is 5.41 Å². The van der Waals surface area contributed by atoms with Crippen LogP contribution < -0.4 is 5.32 Å². The molecule has 1 amide bonds. The number of carbonyl (C=O) groups excluding carboxylic acids is 1. The standard InChI is InChI=1S/C14H15Cl2NO3/c1-13(8-14(13,15)16)12(20)17-10(11(18)19)7-9-5-3-2-4-6-9/h2-6,10H,7-8H2,1H3,(H,17,20)(H,18,19). The van der Waals surface area contributed by atoms with Gasteiger partial charge >= 0.3 is 5.97 Å². The number of hydrogen-bond acceptors (Lipinski definition) is 2. The summed E-state index contributed by atoms with van der Waals surface area (Å²) < 4.78 is -1.10. The Balaban J connectivity index is 2.04. The fourth-order valence-corrected chi connectivity index (χ4v) is 2.72. The molecule has 1 saturated carbocycles. The number of aliphatic carboxylic acids is 1. The van der Waals surface area contributed by atoms with Crippen LogP contribution in [0.1, 0.15) is 18.9 Å². The maximum absolute atomic E-state index is 12.1. The molecule has 108 valence electrons. The molecule has 2 atom stereocenters. The molecule has 4 nitrogen and oxygen atoms in total. The van der Waals surface area contributed by atoms with Crippen molar-refractivity contribution in [3.63, 3.8) is 0 Å². The Kier molecular flexibility index (Phi) is 3.98. The van der Waals surface area contributed by atoms with Gasteiger partial charge in [0.1, 0.15) is 10.4 Å². The second kappa shape index (κ2) is 5.26. The summed E-state index contributed by atoms with van der Waals surface area (Å²) in [4.78, 5) is 23.4. The lowest BCUT2D eigenvalue weighted by atomic mass is 10.0. The lowest BCUT2D eigenvalue weighted by molar-refractivity contribution is -0.142. The van der Waals surface area contributed by atoms with Crippen LogP contribution in [0.25, 0.3) is 0 Å². The van der Waals surface area contributed by atoms with Crippen molar-refractivity contribution in [1.29, 1.82) is 0 Å². The number of carboxylic acids is 1. The van der Waals surface area contributed by atoms with Crippen LogP contribution in [0.2, 0.25) is 0 Å². The Morgan fingerprint density at radius 1 is 1.35 bits per heavy atom. The van der Waals surface area contributed by atoms with Gasteiger partial charge in [0.25, 0.3) is 0 Å². The molecule has 2 N–H and O–H groups in total. The van der Waals surface area contributed by atoms with Gasteiger partial charge in [0.05, 0.1) is 5.41 Å². The first-order valence-corrected chi connectivity index (χ1v) is 6.97. The lowest BCUT2D eigenvalue weighted by Gasteiger charge is -2.18. The van der Waals surface area contributed by atoms with E-state index in [1.54, 1.807) is 6.92 Å².